The Hall–Kier alpha value is -3.19. The van der Waals surface area contributed by atoms with Crippen LogP contribution in [0, 0.1) is 11.8 Å². The highest BCUT2D eigenvalue weighted by Crippen LogP contribution is 2.29. The molecule has 6 heteroatoms. The number of carbonyl (C=O) groups is 1. The molecule has 6 unspecified atom stereocenters. The first-order valence-corrected chi connectivity index (χ1v) is 13.6. The van der Waals surface area contributed by atoms with E-state index in [-0.39, 0.29) is 18.1 Å². The third-order valence-corrected chi connectivity index (χ3v) is 6.97. The Morgan fingerprint density at radius 3 is 2.46 bits per heavy atom. The third-order valence-electron chi connectivity index (χ3n) is 6.97. The SMILES string of the molecule is C\C1=C/C=C/C=C\C=C\CC(O)/C(C)=C/C=C/C(C)CCC(CC(O)C(C)C(O)c2cccc(O)c2)OC1=O. The Morgan fingerprint density at radius 2 is 1.72 bits per heavy atom. The van der Waals surface area contributed by atoms with Crippen molar-refractivity contribution in [2.24, 2.45) is 11.8 Å². The summed E-state index contributed by atoms with van der Waals surface area (Å²) in [4.78, 5) is 12.8. The Kier molecular flexibility index (Phi) is 13.7. The van der Waals surface area contributed by atoms with Crippen LogP contribution in [0.4, 0.5) is 0 Å². The quantitative estimate of drug-likeness (QED) is 0.343. The van der Waals surface area contributed by atoms with Gasteiger partial charge in [0.05, 0.1) is 18.3 Å². The van der Waals surface area contributed by atoms with E-state index in [1.165, 1.54) is 12.1 Å². The van der Waals surface area contributed by atoms with Gasteiger partial charge in [0.25, 0.3) is 0 Å². The predicted molar refractivity (Wildman–Crippen MR) is 156 cm³/mol. The Balaban J connectivity index is 2.21. The van der Waals surface area contributed by atoms with Crippen LogP contribution in [-0.2, 0) is 9.53 Å². The molecule has 0 amide bonds. The maximum Gasteiger partial charge on any atom is 0.333 e. The van der Waals surface area contributed by atoms with Gasteiger partial charge in [-0.2, -0.15) is 0 Å². The van der Waals surface area contributed by atoms with E-state index in [2.05, 4.69) is 6.92 Å². The van der Waals surface area contributed by atoms with Crippen molar-refractivity contribution in [3.05, 3.63) is 102 Å². The van der Waals surface area contributed by atoms with Gasteiger partial charge in [-0.15, -0.1) is 0 Å². The first-order chi connectivity index (χ1) is 18.6. The molecule has 1 aromatic carbocycles. The van der Waals surface area contributed by atoms with E-state index in [9.17, 15) is 25.2 Å². The standard InChI is InChI=1S/C33H44O6/c1-23-13-11-15-24(2)30(35)18-10-8-6-5-7-9-14-25(3)33(38)39-29(20-19-23)22-31(36)26(4)32(37)27-16-12-17-28(34)21-27/h5-17,21,23,26,29-32,34-37H,18-20,22H2,1-4H3/b6-5-,9-7+,10-8+,13-11+,24-15+,25-14+. The number of esters is 1. The van der Waals surface area contributed by atoms with Crippen LogP contribution in [0.1, 0.15) is 65.0 Å². The summed E-state index contributed by atoms with van der Waals surface area (Å²) in [6.45, 7) is 7.39. The summed E-state index contributed by atoms with van der Waals surface area (Å²) in [7, 11) is 0. The lowest BCUT2D eigenvalue weighted by Gasteiger charge is -2.28. The summed E-state index contributed by atoms with van der Waals surface area (Å²) in [5.41, 5.74) is 1.82. The first-order valence-electron chi connectivity index (χ1n) is 13.6. The average Bonchev–Trinajstić information content (AvgIpc) is 2.91. The molecule has 6 nitrogen and oxygen atoms in total. The van der Waals surface area contributed by atoms with Crippen molar-refractivity contribution in [3.63, 3.8) is 0 Å². The van der Waals surface area contributed by atoms with E-state index < -0.39 is 36.3 Å². The van der Waals surface area contributed by atoms with Crippen molar-refractivity contribution < 1.29 is 30.0 Å². The van der Waals surface area contributed by atoms with Gasteiger partial charge in [-0.3, -0.25) is 0 Å². The van der Waals surface area contributed by atoms with Crippen LogP contribution in [0.2, 0.25) is 0 Å². The van der Waals surface area contributed by atoms with Crippen molar-refractivity contribution in [1.82, 2.24) is 0 Å². The van der Waals surface area contributed by atoms with Crippen molar-refractivity contribution in [2.75, 3.05) is 0 Å². The zero-order valence-corrected chi connectivity index (χ0v) is 23.5. The molecule has 39 heavy (non-hydrogen) atoms. The molecule has 2 rings (SSSR count). The number of phenols is 1. The van der Waals surface area contributed by atoms with Crippen LogP contribution >= 0.6 is 0 Å². The van der Waals surface area contributed by atoms with E-state index in [0.29, 0.717) is 24.0 Å². The van der Waals surface area contributed by atoms with Crippen molar-refractivity contribution in [1.29, 1.82) is 0 Å². The predicted octanol–water partition coefficient (Wildman–Crippen LogP) is 6.02. The molecule has 0 radical (unpaired) electrons. The number of phenolic OH excluding ortho intramolecular Hbond substituents is 1. The zero-order chi connectivity index (χ0) is 28.8. The number of hydrogen-bond donors (Lipinski definition) is 4. The first kappa shape index (κ1) is 32.0. The molecule has 1 aliphatic rings. The molecular formula is C33H44O6. The number of benzene rings is 1. The molecule has 0 fully saturated rings. The van der Waals surface area contributed by atoms with Gasteiger partial charge in [0.15, 0.2) is 0 Å². The highest BCUT2D eigenvalue weighted by molar-refractivity contribution is 5.88. The maximum atomic E-state index is 12.8. The average molecular weight is 537 g/mol. The zero-order valence-electron chi connectivity index (χ0n) is 23.5. The molecule has 212 valence electrons. The summed E-state index contributed by atoms with van der Waals surface area (Å²) < 4.78 is 5.83. The second-order valence-corrected chi connectivity index (χ2v) is 10.4. The number of ether oxygens (including phenoxy) is 1. The van der Waals surface area contributed by atoms with Gasteiger partial charge in [0.1, 0.15) is 11.9 Å². The topological polar surface area (TPSA) is 107 Å². The molecule has 1 aromatic rings. The summed E-state index contributed by atoms with van der Waals surface area (Å²) in [5, 5.41) is 41.9. The molecule has 0 spiro atoms. The minimum absolute atomic E-state index is 0.0436. The lowest BCUT2D eigenvalue weighted by atomic mass is 9.88. The number of aromatic hydroxyl groups is 1. The summed E-state index contributed by atoms with van der Waals surface area (Å²) in [5.74, 6) is -0.784. The van der Waals surface area contributed by atoms with Crippen LogP contribution < -0.4 is 0 Å². The molecule has 0 saturated heterocycles. The number of cyclic esters (lactones) is 1. The van der Waals surface area contributed by atoms with Crippen LogP contribution in [-0.4, -0.2) is 44.7 Å². The van der Waals surface area contributed by atoms with Crippen molar-refractivity contribution >= 4 is 5.97 Å². The van der Waals surface area contributed by atoms with Gasteiger partial charge >= 0.3 is 5.97 Å². The monoisotopic (exact) mass is 536 g/mol. The molecule has 4 N–H and O–H groups in total. The highest BCUT2D eigenvalue weighted by atomic mass is 16.5. The minimum atomic E-state index is -0.989. The Morgan fingerprint density at radius 1 is 1.00 bits per heavy atom. The number of aliphatic hydroxyl groups excluding tert-OH is 3. The third kappa shape index (κ3) is 11.6. The second-order valence-electron chi connectivity index (χ2n) is 10.4. The summed E-state index contributed by atoms with van der Waals surface area (Å²) in [6.07, 6.45) is 17.5. The van der Waals surface area contributed by atoms with Crippen LogP contribution in [0.15, 0.2) is 96.2 Å². The number of allylic oxidation sites excluding steroid dienone is 9. The molecule has 0 aromatic heterocycles. The second kappa shape index (κ2) is 16.7. The molecule has 0 aliphatic carbocycles. The number of rotatable bonds is 5. The fourth-order valence-electron chi connectivity index (χ4n) is 4.16. The molecule has 6 atom stereocenters. The highest BCUT2D eigenvalue weighted by Gasteiger charge is 2.28. The smallest absolute Gasteiger partial charge is 0.333 e. The lowest BCUT2D eigenvalue weighted by Crippen LogP contribution is -2.31. The van der Waals surface area contributed by atoms with Crippen LogP contribution in [0.25, 0.3) is 0 Å². The van der Waals surface area contributed by atoms with Crippen LogP contribution in [0.3, 0.4) is 0 Å². The normalized spacial score (nSPS) is 30.2. The van der Waals surface area contributed by atoms with E-state index in [4.69, 9.17) is 4.74 Å². The van der Waals surface area contributed by atoms with E-state index in [1.54, 1.807) is 44.2 Å². The fraction of sp³-hybridized carbons (Fsp3) is 0.424. The largest absolute Gasteiger partial charge is 0.508 e. The number of hydrogen-bond acceptors (Lipinski definition) is 6. The minimum Gasteiger partial charge on any atom is -0.508 e. The molecule has 1 heterocycles. The molecule has 0 saturated carbocycles. The van der Waals surface area contributed by atoms with Gasteiger partial charge in [0, 0.05) is 17.9 Å². The molecule has 1 aliphatic heterocycles. The van der Waals surface area contributed by atoms with Crippen molar-refractivity contribution in [2.45, 2.75) is 77.8 Å². The lowest BCUT2D eigenvalue weighted by molar-refractivity contribution is -0.146. The summed E-state index contributed by atoms with van der Waals surface area (Å²) in [6, 6.07) is 6.34. The van der Waals surface area contributed by atoms with Gasteiger partial charge < -0.3 is 25.2 Å². The summed E-state index contributed by atoms with van der Waals surface area (Å²) >= 11 is 0. The Labute approximate surface area is 233 Å². The van der Waals surface area contributed by atoms with Gasteiger partial charge in [0.2, 0.25) is 0 Å². The maximum absolute atomic E-state index is 12.8. The van der Waals surface area contributed by atoms with E-state index in [1.807, 2.05) is 49.5 Å². The van der Waals surface area contributed by atoms with Gasteiger partial charge in [-0.1, -0.05) is 86.7 Å². The van der Waals surface area contributed by atoms with Gasteiger partial charge in [-0.05, 0) is 62.3 Å². The fourth-order valence-corrected chi connectivity index (χ4v) is 4.16. The Bertz CT molecular complexity index is 1090. The van der Waals surface area contributed by atoms with Gasteiger partial charge in [-0.25, -0.2) is 4.79 Å². The van der Waals surface area contributed by atoms with E-state index in [0.717, 1.165) is 12.0 Å². The van der Waals surface area contributed by atoms with E-state index >= 15 is 0 Å². The molecular weight excluding hydrogens is 492 g/mol. The van der Waals surface area contributed by atoms with Crippen LogP contribution in [0.5, 0.6) is 5.75 Å². The number of carbonyl (C=O) groups excluding carboxylic acids is 1. The van der Waals surface area contributed by atoms with Crippen molar-refractivity contribution in [3.8, 4) is 5.75 Å². The number of aliphatic hydroxyl groups is 3. The molecule has 0 bridgehead atoms.